The number of nitrogens with one attached hydrogen (secondary N) is 1. The molecule has 1 amide bonds. The summed E-state index contributed by atoms with van der Waals surface area (Å²) in [4.78, 5) is 24.5. The van der Waals surface area contributed by atoms with Crippen LogP contribution in [0.4, 0.5) is 5.69 Å². The summed E-state index contributed by atoms with van der Waals surface area (Å²) < 4.78 is 6.45. The molecule has 130 valence electrons. The van der Waals surface area contributed by atoms with E-state index < -0.39 is 5.76 Å². The Bertz CT molecular complexity index is 974. The van der Waals surface area contributed by atoms with Crippen LogP contribution in [0.3, 0.4) is 0 Å². The largest absolute Gasteiger partial charge is 0.420 e. The summed E-state index contributed by atoms with van der Waals surface area (Å²) in [6, 6.07) is 12.6. The molecule has 0 aliphatic heterocycles. The van der Waals surface area contributed by atoms with Crippen LogP contribution in [0.5, 0.6) is 0 Å². The summed E-state index contributed by atoms with van der Waals surface area (Å²) in [5, 5.41) is 3.37. The summed E-state index contributed by atoms with van der Waals surface area (Å²) >= 11 is 5.90. The van der Waals surface area contributed by atoms with Crippen molar-refractivity contribution in [3.8, 4) is 0 Å². The van der Waals surface area contributed by atoms with Crippen molar-refractivity contribution in [3.05, 3.63) is 63.6 Å². The quantitative estimate of drug-likeness (QED) is 0.735. The number of rotatable bonds is 5. The third kappa shape index (κ3) is 3.61. The van der Waals surface area contributed by atoms with Gasteiger partial charge in [-0.15, -0.1) is 0 Å². The van der Waals surface area contributed by atoms with Crippen LogP contribution in [0.25, 0.3) is 11.1 Å². The van der Waals surface area contributed by atoms with Crippen molar-refractivity contribution in [2.75, 3.05) is 5.32 Å². The second kappa shape index (κ2) is 7.15. The lowest BCUT2D eigenvalue weighted by atomic mass is 9.97. The van der Waals surface area contributed by atoms with Crippen LogP contribution in [-0.2, 0) is 11.3 Å². The maximum atomic E-state index is 12.5. The number of hydrogen-bond donors (Lipinski definition) is 1. The van der Waals surface area contributed by atoms with Crippen LogP contribution >= 0.6 is 11.6 Å². The molecule has 3 rings (SSSR count). The number of para-hydroxylation sites is 1. The van der Waals surface area contributed by atoms with Crippen LogP contribution in [0.1, 0.15) is 31.7 Å². The molecule has 1 heterocycles. The Balaban J connectivity index is 1.85. The van der Waals surface area contributed by atoms with Crippen LogP contribution in [0.15, 0.2) is 51.7 Å². The first kappa shape index (κ1) is 17.3. The second-order valence-corrected chi connectivity index (χ2v) is 6.45. The summed E-state index contributed by atoms with van der Waals surface area (Å²) in [5.74, 6) is -0.533. The minimum atomic E-state index is -0.581. The van der Waals surface area contributed by atoms with Gasteiger partial charge in [-0.2, -0.15) is 0 Å². The van der Waals surface area contributed by atoms with Gasteiger partial charge in [-0.25, -0.2) is 4.79 Å². The molecule has 0 bridgehead atoms. The molecule has 1 atom stereocenters. The van der Waals surface area contributed by atoms with E-state index in [2.05, 4.69) is 19.2 Å². The van der Waals surface area contributed by atoms with E-state index in [-0.39, 0.29) is 12.5 Å². The summed E-state index contributed by atoms with van der Waals surface area (Å²) in [5.41, 5.74) is 2.75. The van der Waals surface area contributed by atoms with Crippen LogP contribution in [0.2, 0.25) is 5.02 Å². The predicted molar refractivity (Wildman–Crippen MR) is 99.3 cm³/mol. The fourth-order valence-corrected chi connectivity index (χ4v) is 2.95. The van der Waals surface area contributed by atoms with E-state index in [1.54, 1.807) is 18.2 Å². The van der Waals surface area contributed by atoms with Crippen molar-refractivity contribution in [1.82, 2.24) is 4.57 Å². The van der Waals surface area contributed by atoms with Gasteiger partial charge in [-0.1, -0.05) is 43.6 Å². The Morgan fingerprint density at radius 1 is 1.28 bits per heavy atom. The Hall–Kier alpha value is -2.53. The Morgan fingerprint density at radius 2 is 2.04 bits per heavy atom. The molecule has 0 aliphatic rings. The topological polar surface area (TPSA) is 64.2 Å². The van der Waals surface area contributed by atoms with Gasteiger partial charge in [0.05, 0.1) is 5.52 Å². The number of amides is 1. The lowest BCUT2D eigenvalue weighted by molar-refractivity contribution is -0.116. The average Bonchev–Trinajstić information content (AvgIpc) is 2.89. The first-order valence-electron chi connectivity index (χ1n) is 8.17. The number of carbonyl (C=O) groups excluding carboxylic acids is 1. The third-order valence-electron chi connectivity index (χ3n) is 4.31. The van der Waals surface area contributed by atoms with Gasteiger partial charge < -0.3 is 9.73 Å². The summed E-state index contributed by atoms with van der Waals surface area (Å²) in [6.45, 7) is 4.09. The van der Waals surface area contributed by atoms with Gasteiger partial charge in [-0.05, 0) is 36.1 Å². The summed E-state index contributed by atoms with van der Waals surface area (Å²) in [6.07, 6.45) is 0.972. The van der Waals surface area contributed by atoms with Gasteiger partial charge in [0.25, 0.3) is 0 Å². The lowest BCUT2D eigenvalue weighted by Gasteiger charge is -2.15. The average molecular weight is 359 g/mol. The number of halogens is 1. The Morgan fingerprint density at radius 3 is 2.80 bits per heavy atom. The Labute approximate surface area is 150 Å². The molecule has 25 heavy (non-hydrogen) atoms. The highest BCUT2D eigenvalue weighted by Gasteiger charge is 2.15. The van der Waals surface area contributed by atoms with E-state index in [1.807, 2.05) is 24.3 Å². The fourth-order valence-electron chi connectivity index (χ4n) is 2.78. The van der Waals surface area contributed by atoms with Gasteiger partial charge in [0, 0.05) is 16.8 Å². The molecular formula is C19H19ClN2O3. The number of carbonyl (C=O) groups is 1. The highest BCUT2D eigenvalue weighted by atomic mass is 35.5. The van der Waals surface area contributed by atoms with E-state index in [1.165, 1.54) is 4.57 Å². The standard InChI is InChI=1S/C19H19ClN2O3/c1-3-12(2)14-6-4-5-7-15(14)21-18(23)11-22-16-9-8-13(20)10-17(16)25-19(22)24/h4-10,12H,3,11H2,1-2H3,(H,21,23)/t12-/m0/s1. The maximum Gasteiger partial charge on any atom is 0.420 e. The first-order valence-corrected chi connectivity index (χ1v) is 8.55. The molecule has 0 aliphatic carbocycles. The minimum absolute atomic E-state index is 0.123. The molecule has 0 saturated heterocycles. The zero-order valence-electron chi connectivity index (χ0n) is 14.1. The van der Waals surface area contributed by atoms with Crippen molar-refractivity contribution in [2.45, 2.75) is 32.7 Å². The number of nitrogens with zero attached hydrogens (tertiary/aromatic N) is 1. The van der Waals surface area contributed by atoms with Gasteiger partial charge in [0.1, 0.15) is 6.54 Å². The highest BCUT2D eigenvalue weighted by molar-refractivity contribution is 6.31. The maximum absolute atomic E-state index is 12.5. The molecule has 0 radical (unpaired) electrons. The van der Waals surface area contributed by atoms with E-state index in [9.17, 15) is 9.59 Å². The van der Waals surface area contributed by atoms with Crippen LogP contribution < -0.4 is 11.1 Å². The van der Waals surface area contributed by atoms with Gasteiger partial charge in [0.15, 0.2) is 5.58 Å². The summed E-state index contributed by atoms with van der Waals surface area (Å²) in [7, 11) is 0. The molecule has 0 saturated carbocycles. The predicted octanol–water partition coefficient (Wildman–Crippen LogP) is 4.40. The molecule has 1 aromatic heterocycles. The lowest BCUT2D eigenvalue weighted by Crippen LogP contribution is -2.25. The monoisotopic (exact) mass is 358 g/mol. The second-order valence-electron chi connectivity index (χ2n) is 6.01. The molecule has 0 fully saturated rings. The van der Waals surface area contributed by atoms with Gasteiger partial charge in [0.2, 0.25) is 5.91 Å². The number of aromatic nitrogens is 1. The van der Waals surface area contributed by atoms with Crippen molar-refractivity contribution < 1.29 is 9.21 Å². The van der Waals surface area contributed by atoms with Crippen molar-refractivity contribution >= 4 is 34.3 Å². The number of anilines is 1. The Kier molecular flexibility index (Phi) is 4.95. The molecule has 3 aromatic rings. The molecule has 5 nitrogen and oxygen atoms in total. The molecular weight excluding hydrogens is 340 g/mol. The number of oxazole rings is 1. The van der Waals surface area contributed by atoms with Gasteiger partial charge >= 0.3 is 5.76 Å². The van der Waals surface area contributed by atoms with E-state index in [4.69, 9.17) is 16.0 Å². The van der Waals surface area contributed by atoms with Gasteiger partial charge in [-0.3, -0.25) is 9.36 Å². The first-order chi connectivity index (χ1) is 12.0. The highest BCUT2D eigenvalue weighted by Crippen LogP contribution is 2.26. The normalized spacial score (nSPS) is 12.3. The smallest absolute Gasteiger partial charge is 0.408 e. The fraction of sp³-hybridized carbons (Fsp3) is 0.263. The number of fused-ring (bicyclic) bond motifs is 1. The van der Waals surface area contributed by atoms with Crippen molar-refractivity contribution in [1.29, 1.82) is 0 Å². The van der Waals surface area contributed by atoms with Crippen LogP contribution in [-0.4, -0.2) is 10.5 Å². The van der Waals surface area contributed by atoms with E-state index >= 15 is 0 Å². The molecule has 0 spiro atoms. The van der Waals surface area contributed by atoms with Crippen molar-refractivity contribution in [3.63, 3.8) is 0 Å². The SMILES string of the molecule is CC[C@H](C)c1ccccc1NC(=O)Cn1c(=O)oc2cc(Cl)ccc21. The molecule has 2 aromatic carbocycles. The third-order valence-corrected chi connectivity index (χ3v) is 4.55. The van der Waals surface area contributed by atoms with E-state index in [0.29, 0.717) is 22.0 Å². The van der Waals surface area contributed by atoms with Crippen molar-refractivity contribution in [2.24, 2.45) is 0 Å². The zero-order chi connectivity index (χ0) is 18.0. The minimum Gasteiger partial charge on any atom is -0.408 e. The van der Waals surface area contributed by atoms with Crippen LogP contribution in [0, 0.1) is 0 Å². The number of benzene rings is 2. The molecule has 0 unspecified atom stereocenters. The zero-order valence-corrected chi connectivity index (χ0v) is 14.8. The molecule has 1 N–H and O–H groups in total. The van der Waals surface area contributed by atoms with E-state index in [0.717, 1.165) is 17.7 Å². The number of hydrogen-bond acceptors (Lipinski definition) is 3. The molecule has 6 heteroatoms.